The summed E-state index contributed by atoms with van der Waals surface area (Å²) in [6.07, 6.45) is 2.35. The number of likely N-dealkylation sites (tertiary alicyclic amines) is 1. The Morgan fingerprint density at radius 1 is 1.26 bits per heavy atom. The molecule has 2 saturated heterocycles. The number of hydrogen-bond acceptors (Lipinski definition) is 3. The maximum atomic E-state index is 12.8. The van der Waals surface area contributed by atoms with E-state index in [9.17, 15) is 4.79 Å². The first-order valence-corrected chi connectivity index (χ1v) is 7.18. The van der Waals surface area contributed by atoms with Crippen molar-refractivity contribution in [1.82, 2.24) is 10.2 Å². The molecule has 1 amide bonds. The number of rotatable bonds is 1. The van der Waals surface area contributed by atoms with Crippen LogP contribution < -0.4 is 5.32 Å². The topological polar surface area (TPSA) is 45.5 Å². The third kappa shape index (κ3) is 1.98. The van der Waals surface area contributed by atoms with Crippen molar-refractivity contribution in [3.63, 3.8) is 0 Å². The van der Waals surface area contributed by atoms with Crippen LogP contribution in [0.15, 0.2) is 4.42 Å². The van der Waals surface area contributed by atoms with Crippen LogP contribution in [0.4, 0.5) is 0 Å². The minimum atomic E-state index is 0.158. The van der Waals surface area contributed by atoms with Crippen molar-refractivity contribution < 1.29 is 9.21 Å². The van der Waals surface area contributed by atoms with Gasteiger partial charge in [0.15, 0.2) is 0 Å². The van der Waals surface area contributed by atoms with E-state index in [0.717, 1.165) is 48.7 Å². The zero-order chi connectivity index (χ0) is 13.6. The van der Waals surface area contributed by atoms with E-state index in [1.807, 2.05) is 20.8 Å². The minimum Gasteiger partial charge on any atom is -0.466 e. The van der Waals surface area contributed by atoms with Gasteiger partial charge in [0.05, 0.1) is 5.56 Å². The van der Waals surface area contributed by atoms with Gasteiger partial charge in [-0.05, 0) is 39.5 Å². The predicted molar refractivity (Wildman–Crippen MR) is 73.3 cm³/mol. The molecule has 1 N–H and O–H groups in total. The van der Waals surface area contributed by atoms with E-state index in [1.165, 1.54) is 6.42 Å². The molecule has 0 bridgehead atoms. The van der Waals surface area contributed by atoms with E-state index >= 15 is 0 Å². The van der Waals surface area contributed by atoms with Crippen LogP contribution in [0.3, 0.4) is 0 Å². The molecule has 0 aromatic carbocycles. The number of amides is 1. The average Bonchev–Trinajstić information content (AvgIpc) is 2.94. The Morgan fingerprint density at radius 3 is 2.74 bits per heavy atom. The van der Waals surface area contributed by atoms with E-state index in [-0.39, 0.29) is 5.91 Å². The van der Waals surface area contributed by atoms with Crippen molar-refractivity contribution in [2.45, 2.75) is 39.7 Å². The number of carbonyl (C=O) groups is 1. The largest absolute Gasteiger partial charge is 0.466 e. The van der Waals surface area contributed by atoms with Gasteiger partial charge >= 0.3 is 0 Å². The Kier molecular flexibility index (Phi) is 3.13. The highest BCUT2D eigenvalue weighted by molar-refractivity contribution is 5.97. The molecule has 0 spiro atoms. The summed E-state index contributed by atoms with van der Waals surface area (Å²) < 4.78 is 5.61. The molecule has 2 unspecified atom stereocenters. The van der Waals surface area contributed by atoms with E-state index in [0.29, 0.717) is 12.0 Å². The van der Waals surface area contributed by atoms with Gasteiger partial charge in [-0.25, -0.2) is 0 Å². The molecule has 4 heteroatoms. The van der Waals surface area contributed by atoms with Gasteiger partial charge in [0.2, 0.25) is 0 Å². The normalized spacial score (nSPS) is 26.6. The Labute approximate surface area is 114 Å². The fraction of sp³-hybridized carbons (Fsp3) is 0.667. The molecule has 3 heterocycles. The Morgan fingerprint density at radius 2 is 2.05 bits per heavy atom. The zero-order valence-corrected chi connectivity index (χ0v) is 12.0. The molecule has 3 rings (SSSR count). The summed E-state index contributed by atoms with van der Waals surface area (Å²) in [5, 5.41) is 3.42. The van der Waals surface area contributed by atoms with Gasteiger partial charge in [0.1, 0.15) is 11.5 Å². The number of piperidine rings is 1. The fourth-order valence-electron chi connectivity index (χ4n) is 3.57. The Balaban J connectivity index is 1.90. The molecule has 2 aliphatic rings. The fourth-order valence-corrected chi connectivity index (χ4v) is 3.57. The summed E-state index contributed by atoms with van der Waals surface area (Å²) in [4.78, 5) is 14.9. The van der Waals surface area contributed by atoms with Gasteiger partial charge in [-0.3, -0.25) is 4.79 Å². The second-order valence-corrected chi connectivity index (χ2v) is 5.84. The van der Waals surface area contributed by atoms with Crippen LogP contribution >= 0.6 is 0 Å². The third-order valence-electron chi connectivity index (χ3n) is 4.71. The molecule has 1 aromatic rings. The van der Waals surface area contributed by atoms with E-state index < -0.39 is 0 Å². The lowest BCUT2D eigenvalue weighted by Crippen LogP contribution is -2.48. The van der Waals surface area contributed by atoms with Gasteiger partial charge in [-0.2, -0.15) is 0 Å². The smallest absolute Gasteiger partial charge is 0.257 e. The molecule has 2 aliphatic heterocycles. The number of nitrogens with one attached hydrogen (secondary N) is 1. The zero-order valence-electron chi connectivity index (χ0n) is 12.0. The first kappa shape index (κ1) is 12.7. The number of nitrogens with zero attached hydrogens (tertiary/aromatic N) is 1. The van der Waals surface area contributed by atoms with Crippen molar-refractivity contribution in [3.8, 4) is 0 Å². The van der Waals surface area contributed by atoms with Gasteiger partial charge in [0, 0.05) is 31.2 Å². The van der Waals surface area contributed by atoms with Crippen LogP contribution in [-0.4, -0.2) is 36.5 Å². The summed E-state index contributed by atoms with van der Waals surface area (Å²) in [6, 6.07) is 0.371. The van der Waals surface area contributed by atoms with Crippen molar-refractivity contribution in [1.29, 1.82) is 0 Å². The SMILES string of the molecule is Cc1oc(C)c(C(=O)N2CCCC3CNCC32)c1C. The summed E-state index contributed by atoms with van der Waals surface area (Å²) in [7, 11) is 0. The number of fused-ring (bicyclic) bond motifs is 1. The van der Waals surface area contributed by atoms with Crippen LogP contribution in [0, 0.1) is 26.7 Å². The first-order chi connectivity index (χ1) is 9.09. The second-order valence-electron chi connectivity index (χ2n) is 5.84. The van der Waals surface area contributed by atoms with Crippen molar-refractivity contribution in [2.24, 2.45) is 5.92 Å². The average molecular weight is 262 g/mol. The minimum absolute atomic E-state index is 0.158. The maximum absolute atomic E-state index is 12.8. The van der Waals surface area contributed by atoms with E-state index in [4.69, 9.17) is 4.42 Å². The predicted octanol–water partition coefficient (Wildman–Crippen LogP) is 2.03. The van der Waals surface area contributed by atoms with Gasteiger partial charge in [0.25, 0.3) is 5.91 Å². The lowest BCUT2D eigenvalue weighted by Gasteiger charge is -2.37. The summed E-state index contributed by atoms with van der Waals surface area (Å²) in [5.74, 6) is 2.41. The molecule has 104 valence electrons. The molecule has 0 aliphatic carbocycles. The quantitative estimate of drug-likeness (QED) is 0.842. The van der Waals surface area contributed by atoms with Crippen LogP contribution in [0.25, 0.3) is 0 Å². The van der Waals surface area contributed by atoms with Crippen LogP contribution in [0.5, 0.6) is 0 Å². The van der Waals surface area contributed by atoms with Gasteiger partial charge in [-0.1, -0.05) is 0 Å². The molecule has 1 aromatic heterocycles. The van der Waals surface area contributed by atoms with Gasteiger partial charge in [-0.15, -0.1) is 0 Å². The second kappa shape index (κ2) is 4.67. The van der Waals surface area contributed by atoms with Crippen molar-refractivity contribution >= 4 is 5.91 Å². The van der Waals surface area contributed by atoms with Crippen molar-refractivity contribution in [3.05, 3.63) is 22.6 Å². The summed E-state index contributed by atoms with van der Waals surface area (Å²) in [6.45, 7) is 8.66. The summed E-state index contributed by atoms with van der Waals surface area (Å²) in [5.41, 5.74) is 1.78. The lowest BCUT2D eigenvalue weighted by atomic mass is 9.91. The summed E-state index contributed by atoms with van der Waals surface area (Å²) >= 11 is 0. The molecule has 19 heavy (non-hydrogen) atoms. The standard InChI is InChI=1S/C15H22N2O2/c1-9-10(2)19-11(3)14(9)15(18)17-6-4-5-12-7-16-8-13(12)17/h12-13,16H,4-8H2,1-3H3. The Bertz CT molecular complexity index is 506. The molecular formula is C15H22N2O2. The molecule has 0 saturated carbocycles. The number of hydrogen-bond donors (Lipinski definition) is 1. The molecule has 4 nitrogen and oxygen atoms in total. The molecular weight excluding hydrogens is 240 g/mol. The highest BCUT2D eigenvalue weighted by Gasteiger charge is 2.38. The Hall–Kier alpha value is -1.29. The number of aryl methyl sites for hydroxylation is 2. The van der Waals surface area contributed by atoms with E-state index in [2.05, 4.69) is 10.2 Å². The third-order valence-corrected chi connectivity index (χ3v) is 4.71. The van der Waals surface area contributed by atoms with Crippen LogP contribution in [-0.2, 0) is 0 Å². The lowest BCUT2D eigenvalue weighted by molar-refractivity contribution is 0.0572. The molecule has 2 atom stereocenters. The van der Waals surface area contributed by atoms with E-state index in [1.54, 1.807) is 0 Å². The highest BCUT2D eigenvalue weighted by Crippen LogP contribution is 2.30. The maximum Gasteiger partial charge on any atom is 0.257 e. The van der Waals surface area contributed by atoms with Crippen molar-refractivity contribution in [2.75, 3.05) is 19.6 Å². The number of furan rings is 1. The van der Waals surface area contributed by atoms with Crippen LogP contribution in [0.2, 0.25) is 0 Å². The first-order valence-electron chi connectivity index (χ1n) is 7.18. The van der Waals surface area contributed by atoms with Crippen LogP contribution in [0.1, 0.15) is 40.3 Å². The monoisotopic (exact) mass is 262 g/mol. The molecule has 2 fully saturated rings. The molecule has 0 radical (unpaired) electrons. The highest BCUT2D eigenvalue weighted by atomic mass is 16.3. The van der Waals surface area contributed by atoms with Gasteiger partial charge < -0.3 is 14.6 Å². The number of carbonyl (C=O) groups excluding carboxylic acids is 1.